The van der Waals surface area contributed by atoms with Gasteiger partial charge in [0.05, 0.1) is 38.2 Å². The summed E-state index contributed by atoms with van der Waals surface area (Å²) in [4.78, 5) is 17.1. The second-order valence-corrected chi connectivity index (χ2v) is 8.88. The lowest BCUT2D eigenvalue weighted by Crippen LogP contribution is -2.26. The number of unbranched alkanes of at least 4 members (excludes halogenated alkanes) is 2. The van der Waals surface area contributed by atoms with Crippen LogP contribution in [-0.4, -0.2) is 42.8 Å². The molecule has 3 aromatic carbocycles. The SMILES string of the molecule is COc1ccc(CC(=O)NCCCCCc2nc3ccccc3n2CCOc2ccc(OC)cc2)cc1. The van der Waals surface area contributed by atoms with Gasteiger partial charge in [0.1, 0.15) is 29.7 Å². The molecule has 7 heteroatoms. The van der Waals surface area contributed by atoms with E-state index in [9.17, 15) is 4.79 Å². The number of hydrogen-bond donors (Lipinski definition) is 1. The standard InChI is InChI=1S/C30H35N3O4/c1-35-24-13-11-23(12-14-24)22-30(34)31-19-7-3-4-10-29-32-27-8-5-6-9-28(27)33(29)20-21-37-26-17-15-25(36-2)16-18-26/h5-6,8-9,11-18H,3-4,7,10,19-22H2,1-2H3,(H,31,34). The van der Waals surface area contributed by atoms with E-state index in [1.807, 2.05) is 60.7 Å². The van der Waals surface area contributed by atoms with Crippen LogP contribution in [0.5, 0.6) is 17.2 Å². The minimum atomic E-state index is 0.0452. The smallest absolute Gasteiger partial charge is 0.224 e. The number of para-hydroxylation sites is 2. The maximum absolute atomic E-state index is 12.2. The van der Waals surface area contributed by atoms with Crippen molar-refractivity contribution in [3.63, 3.8) is 0 Å². The molecule has 1 amide bonds. The Morgan fingerprint density at radius 3 is 2.24 bits per heavy atom. The van der Waals surface area contributed by atoms with Gasteiger partial charge in [-0.25, -0.2) is 4.98 Å². The molecule has 4 aromatic rings. The van der Waals surface area contributed by atoms with E-state index in [1.54, 1.807) is 14.2 Å². The Kier molecular flexibility index (Phi) is 9.41. The summed E-state index contributed by atoms with van der Waals surface area (Å²) in [6.45, 7) is 1.96. The van der Waals surface area contributed by atoms with Gasteiger partial charge in [0.25, 0.3) is 0 Å². The number of imidazole rings is 1. The van der Waals surface area contributed by atoms with Crippen molar-refractivity contribution in [1.29, 1.82) is 0 Å². The van der Waals surface area contributed by atoms with Gasteiger partial charge in [0, 0.05) is 13.0 Å². The van der Waals surface area contributed by atoms with Crippen molar-refractivity contribution in [1.82, 2.24) is 14.9 Å². The van der Waals surface area contributed by atoms with Gasteiger partial charge < -0.3 is 24.1 Å². The molecule has 194 valence electrons. The van der Waals surface area contributed by atoms with Crippen LogP contribution in [0.25, 0.3) is 11.0 Å². The Labute approximate surface area is 218 Å². The lowest BCUT2D eigenvalue weighted by Gasteiger charge is -2.11. The van der Waals surface area contributed by atoms with Crippen molar-refractivity contribution in [2.24, 2.45) is 0 Å². The summed E-state index contributed by atoms with van der Waals surface area (Å²) in [6.07, 6.45) is 4.24. The summed E-state index contributed by atoms with van der Waals surface area (Å²) in [5.74, 6) is 3.54. The third-order valence-corrected chi connectivity index (χ3v) is 6.30. The number of hydrogen-bond acceptors (Lipinski definition) is 5. The van der Waals surface area contributed by atoms with Crippen molar-refractivity contribution in [3.05, 3.63) is 84.2 Å². The monoisotopic (exact) mass is 501 g/mol. The van der Waals surface area contributed by atoms with E-state index in [-0.39, 0.29) is 5.91 Å². The minimum Gasteiger partial charge on any atom is -0.497 e. The van der Waals surface area contributed by atoms with Gasteiger partial charge in [-0.15, -0.1) is 0 Å². The van der Waals surface area contributed by atoms with Crippen LogP contribution in [0.1, 0.15) is 30.7 Å². The second kappa shape index (κ2) is 13.3. The van der Waals surface area contributed by atoms with Crippen LogP contribution in [-0.2, 0) is 24.2 Å². The molecule has 0 fully saturated rings. The number of carbonyl (C=O) groups excluding carboxylic acids is 1. The summed E-state index contributed by atoms with van der Waals surface area (Å²) in [5.41, 5.74) is 3.11. The van der Waals surface area contributed by atoms with E-state index in [2.05, 4.69) is 22.0 Å². The Morgan fingerprint density at radius 2 is 1.51 bits per heavy atom. The fraction of sp³-hybridized carbons (Fsp3) is 0.333. The predicted molar refractivity (Wildman–Crippen MR) is 145 cm³/mol. The molecule has 1 heterocycles. The highest BCUT2D eigenvalue weighted by Gasteiger charge is 2.11. The zero-order valence-electron chi connectivity index (χ0n) is 21.6. The van der Waals surface area contributed by atoms with E-state index in [4.69, 9.17) is 19.2 Å². The molecular weight excluding hydrogens is 466 g/mol. The summed E-state index contributed by atoms with van der Waals surface area (Å²) in [7, 11) is 3.29. The summed E-state index contributed by atoms with van der Waals surface area (Å²) >= 11 is 0. The zero-order valence-corrected chi connectivity index (χ0v) is 21.6. The lowest BCUT2D eigenvalue weighted by molar-refractivity contribution is -0.120. The van der Waals surface area contributed by atoms with Gasteiger partial charge in [-0.2, -0.15) is 0 Å². The topological polar surface area (TPSA) is 74.6 Å². The second-order valence-electron chi connectivity index (χ2n) is 8.88. The zero-order chi connectivity index (χ0) is 25.9. The average Bonchev–Trinajstić information content (AvgIpc) is 3.28. The Balaban J connectivity index is 1.22. The summed E-state index contributed by atoms with van der Waals surface area (Å²) in [6, 6.07) is 23.5. The first kappa shape index (κ1) is 26.1. The number of benzene rings is 3. The van der Waals surface area contributed by atoms with Crippen LogP contribution in [0.4, 0.5) is 0 Å². The van der Waals surface area contributed by atoms with E-state index in [1.165, 1.54) is 0 Å². The minimum absolute atomic E-state index is 0.0452. The Hall–Kier alpha value is -4.00. The number of nitrogens with zero attached hydrogens (tertiary/aromatic N) is 2. The molecule has 0 aliphatic heterocycles. The molecule has 0 aliphatic carbocycles. The number of aromatic nitrogens is 2. The predicted octanol–water partition coefficient (Wildman–Crippen LogP) is 5.20. The Morgan fingerprint density at radius 1 is 0.838 bits per heavy atom. The molecule has 0 aliphatic rings. The average molecular weight is 502 g/mol. The van der Waals surface area contributed by atoms with Crippen LogP contribution in [0.15, 0.2) is 72.8 Å². The van der Waals surface area contributed by atoms with Gasteiger partial charge in [-0.3, -0.25) is 4.79 Å². The molecule has 0 radical (unpaired) electrons. The highest BCUT2D eigenvalue weighted by molar-refractivity contribution is 5.78. The first-order valence-electron chi connectivity index (χ1n) is 12.8. The van der Waals surface area contributed by atoms with Crippen LogP contribution in [0.2, 0.25) is 0 Å². The third-order valence-electron chi connectivity index (χ3n) is 6.30. The van der Waals surface area contributed by atoms with Crippen molar-refractivity contribution in [2.45, 2.75) is 38.6 Å². The summed E-state index contributed by atoms with van der Waals surface area (Å²) in [5, 5.41) is 3.03. The number of carbonyl (C=O) groups is 1. The molecule has 0 atom stereocenters. The van der Waals surface area contributed by atoms with Gasteiger partial charge >= 0.3 is 0 Å². The Bertz CT molecular complexity index is 1270. The van der Waals surface area contributed by atoms with Crippen molar-refractivity contribution >= 4 is 16.9 Å². The van der Waals surface area contributed by atoms with Crippen molar-refractivity contribution < 1.29 is 19.0 Å². The first-order chi connectivity index (χ1) is 18.2. The fourth-order valence-electron chi connectivity index (χ4n) is 4.30. The maximum Gasteiger partial charge on any atom is 0.224 e. The molecule has 1 N–H and O–H groups in total. The van der Waals surface area contributed by atoms with Crippen molar-refractivity contribution in [3.8, 4) is 17.2 Å². The molecule has 0 saturated carbocycles. The first-order valence-corrected chi connectivity index (χ1v) is 12.8. The van der Waals surface area contributed by atoms with Gasteiger partial charge in [-0.05, 0) is 66.9 Å². The van der Waals surface area contributed by atoms with E-state index >= 15 is 0 Å². The molecule has 37 heavy (non-hydrogen) atoms. The fourth-order valence-corrected chi connectivity index (χ4v) is 4.30. The van der Waals surface area contributed by atoms with Crippen LogP contribution in [0, 0.1) is 0 Å². The van der Waals surface area contributed by atoms with Crippen molar-refractivity contribution in [2.75, 3.05) is 27.4 Å². The molecule has 0 unspecified atom stereocenters. The molecule has 7 nitrogen and oxygen atoms in total. The van der Waals surface area contributed by atoms with Gasteiger partial charge in [0.15, 0.2) is 0 Å². The highest BCUT2D eigenvalue weighted by atomic mass is 16.5. The highest BCUT2D eigenvalue weighted by Crippen LogP contribution is 2.20. The molecular formula is C30H35N3O4. The number of rotatable bonds is 14. The summed E-state index contributed by atoms with van der Waals surface area (Å²) < 4.78 is 18.6. The maximum atomic E-state index is 12.2. The van der Waals surface area contributed by atoms with Crippen LogP contribution < -0.4 is 19.5 Å². The quantitative estimate of drug-likeness (QED) is 0.240. The third kappa shape index (κ3) is 7.49. The lowest BCUT2D eigenvalue weighted by atomic mass is 10.1. The van der Waals surface area contributed by atoms with Crippen LogP contribution in [0.3, 0.4) is 0 Å². The number of amides is 1. The van der Waals surface area contributed by atoms with E-state index in [0.717, 1.165) is 71.9 Å². The molecule has 0 bridgehead atoms. The molecule has 0 saturated heterocycles. The van der Waals surface area contributed by atoms with Gasteiger partial charge in [-0.1, -0.05) is 30.7 Å². The molecule has 1 aromatic heterocycles. The molecule has 4 rings (SSSR count). The number of nitrogens with one attached hydrogen (secondary N) is 1. The number of methoxy groups -OCH3 is 2. The number of fused-ring (bicyclic) bond motifs is 1. The van der Waals surface area contributed by atoms with Crippen LogP contribution >= 0.6 is 0 Å². The van der Waals surface area contributed by atoms with Gasteiger partial charge in [0.2, 0.25) is 5.91 Å². The van der Waals surface area contributed by atoms with E-state index < -0.39 is 0 Å². The molecule has 0 spiro atoms. The normalized spacial score (nSPS) is 10.9. The number of aryl methyl sites for hydroxylation is 1. The largest absolute Gasteiger partial charge is 0.497 e. The number of ether oxygens (including phenoxy) is 3. The van der Waals surface area contributed by atoms with E-state index in [0.29, 0.717) is 19.6 Å².